The van der Waals surface area contributed by atoms with E-state index in [-0.39, 0.29) is 29.3 Å². The lowest BCUT2D eigenvalue weighted by atomic mass is 9.84. The van der Waals surface area contributed by atoms with Crippen molar-refractivity contribution in [2.45, 2.75) is 39.8 Å². The number of ether oxygens (including phenoxy) is 1. The van der Waals surface area contributed by atoms with E-state index < -0.39 is 0 Å². The van der Waals surface area contributed by atoms with Gasteiger partial charge >= 0.3 is 0 Å². The van der Waals surface area contributed by atoms with Gasteiger partial charge in [0.05, 0.1) is 6.10 Å². The van der Waals surface area contributed by atoms with Crippen LogP contribution in [0, 0.1) is 18.2 Å². The van der Waals surface area contributed by atoms with Gasteiger partial charge in [-0.25, -0.2) is 4.39 Å². The summed E-state index contributed by atoms with van der Waals surface area (Å²) in [7, 11) is 1.65. The molecule has 1 aliphatic heterocycles. The summed E-state index contributed by atoms with van der Waals surface area (Å²) in [6.45, 7) is 14.7. The summed E-state index contributed by atoms with van der Waals surface area (Å²) in [6.07, 6.45) is 1.19. The summed E-state index contributed by atoms with van der Waals surface area (Å²) < 4.78 is 19.6. The Balaban J connectivity index is 2.14. The van der Waals surface area contributed by atoms with Crippen molar-refractivity contribution in [1.82, 2.24) is 9.80 Å². The minimum atomic E-state index is -0.210. The number of hydrogen-bond donors (Lipinski definition) is 0. The SMILES string of the molecule is C=CC(=O)N1CCN(C[C@H](OC)c2ccc(C)c(F)c2)C[C@H]1C(C)(C)C. The van der Waals surface area contributed by atoms with Gasteiger partial charge in [-0.15, -0.1) is 0 Å². The number of aryl methyl sites for hydroxylation is 1. The highest BCUT2D eigenvalue weighted by molar-refractivity contribution is 5.87. The molecule has 1 fully saturated rings. The molecule has 1 aromatic carbocycles. The van der Waals surface area contributed by atoms with Gasteiger partial charge in [0.25, 0.3) is 0 Å². The van der Waals surface area contributed by atoms with Gasteiger partial charge in [-0.05, 0) is 35.6 Å². The topological polar surface area (TPSA) is 32.8 Å². The van der Waals surface area contributed by atoms with Crippen LogP contribution in [-0.2, 0) is 9.53 Å². The van der Waals surface area contributed by atoms with E-state index >= 15 is 0 Å². The summed E-state index contributed by atoms with van der Waals surface area (Å²) in [5.41, 5.74) is 1.43. The zero-order valence-corrected chi connectivity index (χ0v) is 16.6. The molecule has 0 aliphatic carbocycles. The fourth-order valence-corrected chi connectivity index (χ4v) is 3.49. The molecule has 0 spiro atoms. The molecule has 144 valence electrons. The van der Waals surface area contributed by atoms with E-state index in [9.17, 15) is 9.18 Å². The molecule has 2 rings (SSSR count). The van der Waals surface area contributed by atoms with Crippen molar-refractivity contribution in [3.05, 3.63) is 47.8 Å². The molecule has 0 radical (unpaired) electrons. The van der Waals surface area contributed by atoms with Crippen LogP contribution >= 0.6 is 0 Å². The maximum atomic E-state index is 13.9. The fourth-order valence-electron chi connectivity index (χ4n) is 3.49. The van der Waals surface area contributed by atoms with E-state index in [1.54, 1.807) is 26.2 Å². The number of carbonyl (C=O) groups is 1. The number of methoxy groups -OCH3 is 1. The number of nitrogens with zero attached hydrogens (tertiary/aromatic N) is 2. The van der Waals surface area contributed by atoms with E-state index in [1.165, 1.54) is 6.08 Å². The quantitative estimate of drug-likeness (QED) is 0.751. The van der Waals surface area contributed by atoms with Crippen molar-refractivity contribution in [3.8, 4) is 0 Å². The third-order valence-corrected chi connectivity index (χ3v) is 5.20. The van der Waals surface area contributed by atoms with Gasteiger partial charge < -0.3 is 9.64 Å². The largest absolute Gasteiger partial charge is 0.375 e. The second-order valence-electron chi connectivity index (χ2n) is 8.11. The second-order valence-corrected chi connectivity index (χ2v) is 8.11. The normalized spacial score (nSPS) is 20.1. The van der Waals surface area contributed by atoms with Crippen LogP contribution in [0.5, 0.6) is 0 Å². The first kappa shape index (κ1) is 20.6. The standard InChI is InChI=1S/C21H31FN2O2/c1-7-20(25)24-11-10-23(14-19(24)21(3,4)5)13-18(26-6)16-9-8-15(2)17(22)12-16/h7-9,12,18-19H,1,10-11,13-14H2,2-6H3/t18-,19-/m0/s1. The molecule has 26 heavy (non-hydrogen) atoms. The highest BCUT2D eigenvalue weighted by Crippen LogP contribution is 2.29. The number of carbonyl (C=O) groups excluding carboxylic acids is 1. The third kappa shape index (κ3) is 4.71. The van der Waals surface area contributed by atoms with Crippen LogP contribution in [0.25, 0.3) is 0 Å². The van der Waals surface area contributed by atoms with Gasteiger partial charge in [0, 0.05) is 39.3 Å². The molecule has 0 bridgehead atoms. The van der Waals surface area contributed by atoms with E-state index in [2.05, 4.69) is 32.3 Å². The summed E-state index contributed by atoms with van der Waals surface area (Å²) in [5.74, 6) is -0.230. The minimum Gasteiger partial charge on any atom is -0.375 e. The van der Waals surface area contributed by atoms with Gasteiger partial charge in [-0.3, -0.25) is 9.69 Å². The van der Waals surface area contributed by atoms with Crippen molar-refractivity contribution >= 4 is 5.91 Å². The van der Waals surface area contributed by atoms with Gasteiger partial charge in [-0.2, -0.15) is 0 Å². The fraction of sp³-hybridized carbons (Fsp3) is 0.571. The van der Waals surface area contributed by atoms with Crippen molar-refractivity contribution in [3.63, 3.8) is 0 Å². The van der Waals surface area contributed by atoms with Crippen LogP contribution in [0.3, 0.4) is 0 Å². The molecule has 1 aliphatic rings. The lowest BCUT2D eigenvalue weighted by Crippen LogP contribution is -2.59. The van der Waals surface area contributed by atoms with Gasteiger partial charge in [0.1, 0.15) is 5.82 Å². The Labute approximate surface area is 156 Å². The molecule has 0 aromatic heterocycles. The maximum Gasteiger partial charge on any atom is 0.246 e. The van der Waals surface area contributed by atoms with Crippen molar-refractivity contribution in [1.29, 1.82) is 0 Å². The Hall–Kier alpha value is -1.72. The zero-order valence-electron chi connectivity index (χ0n) is 16.6. The molecular weight excluding hydrogens is 331 g/mol. The van der Waals surface area contributed by atoms with E-state index in [0.29, 0.717) is 18.7 Å². The summed E-state index contributed by atoms with van der Waals surface area (Å²) in [5, 5.41) is 0. The maximum absolute atomic E-state index is 13.9. The van der Waals surface area contributed by atoms with E-state index in [1.807, 2.05) is 11.0 Å². The molecule has 0 N–H and O–H groups in total. The molecule has 4 nitrogen and oxygen atoms in total. The average molecular weight is 362 g/mol. The Morgan fingerprint density at radius 2 is 2.12 bits per heavy atom. The van der Waals surface area contributed by atoms with Gasteiger partial charge in [0.2, 0.25) is 5.91 Å². The first-order valence-corrected chi connectivity index (χ1v) is 9.11. The predicted octanol–water partition coefficient (Wildman–Crippen LogP) is 3.57. The van der Waals surface area contributed by atoms with Crippen LogP contribution in [0.15, 0.2) is 30.9 Å². The molecule has 0 unspecified atom stereocenters. The molecule has 5 heteroatoms. The third-order valence-electron chi connectivity index (χ3n) is 5.20. The van der Waals surface area contributed by atoms with Crippen LogP contribution in [0.2, 0.25) is 0 Å². The Kier molecular flexibility index (Phi) is 6.58. The Morgan fingerprint density at radius 3 is 2.65 bits per heavy atom. The summed E-state index contributed by atoms with van der Waals surface area (Å²) in [4.78, 5) is 16.4. The molecule has 2 atom stereocenters. The lowest BCUT2D eigenvalue weighted by molar-refractivity contribution is -0.134. The molecule has 1 aromatic rings. The predicted molar refractivity (Wildman–Crippen MR) is 102 cm³/mol. The zero-order chi connectivity index (χ0) is 19.5. The second kappa shape index (κ2) is 8.31. The first-order chi connectivity index (χ1) is 12.2. The highest BCUT2D eigenvalue weighted by atomic mass is 19.1. The number of halogens is 1. The highest BCUT2D eigenvalue weighted by Gasteiger charge is 2.37. The Bertz CT molecular complexity index is 654. The van der Waals surface area contributed by atoms with Gasteiger partial charge in [-0.1, -0.05) is 39.5 Å². The summed E-state index contributed by atoms with van der Waals surface area (Å²) >= 11 is 0. The first-order valence-electron chi connectivity index (χ1n) is 9.11. The number of benzene rings is 1. The van der Waals surface area contributed by atoms with Crippen molar-refractivity contribution in [2.24, 2.45) is 5.41 Å². The number of rotatable bonds is 5. The van der Waals surface area contributed by atoms with Gasteiger partial charge in [0.15, 0.2) is 0 Å². The van der Waals surface area contributed by atoms with E-state index in [0.717, 1.165) is 18.7 Å². The minimum absolute atomic E-state index is 0.0199. The number of piperazine rings is 1. The molecular formula is C21H31FN2O2. The lowest BCUT2D eigenvalue weighted by Gasteiger charge is -2.47. The summed E-state index contributed by atoms with van der Waals surface area (Å²) in [6, 6.07) is 5.36. The Morgan fingerprint density at radius 1 is 1.42 bits per heavy atom. The molecule has 1 amide bonds. The number of amides is 1. The molecule has 1 heterocycles. The number of hydrogen-bond acceptors (Lipinski definition) is 3. The molecule has 0 saturated carbocycles. The van der Waals surface area contributed by atoms with Crippen LogP contribution in [0.1, 0.15) is 38.0 Å². The smallest absolute Gasteiger partial charge is 0.246 e. The van der Waals surface area contributed by atoms with Crippen molar-refractivity contribution in [2.75, 3.05) is 33.3 Å². The van der Waals surface area contributed by atoms with Crippen LogP contribution in [0.4, 0.5) is 4.39 Å². The van der Waals surface area contributed by atoms with E-state index in [4.69, 9.17) is 4.74 Å². The monoisotopic (exact) mass is 362 g/mol. The average Bonchev–Trinajstić information content (AvgIpc) is 2.60. The van der Waals surface area contributed by atoms with Crippen molar-refractivity contribution < 1.29 is 13.9 Å². The van der Waals surface area contributed by atoms with Crippen LogP contribution < -0.4 is 0 Å². The molecule has 1 saturated heterocycles. The van der Waals surface area contributed by atoms with Crippen LogP contribution in [-0.4, -0.2) is 55.0 Å².